The van der Waals surface area contributed by atoms with Crippen LogP contribution in [-0.4, -0.2) is 31.3 Å². The molecule has 0 fully saturated rings. The van der Waals surface area contributed by atoms with Gasteiger partial charge in [0.1, 0.15) is 5.60 Å². The Morgan fingerprint density at radius 1 is 1.18 bits per heavy atom. The largest absolute Gasteiger partial charge is 0.444 e. The predicted molar refractivity (Wildman–Crippen MR) is 91.1 cm³/mol. The van der Waals surface area contributed by atoms with Crippen LogP contribution >= 0.6 is 0 Å². The molecule has 122 valence electrons. The summed E-state index contributed by atoms with van der Waals surface area (Å²) in [5.74, 6) is 0.481. The summed E-state index contributed by atoms with van der Waals surface area (Å²) in [6.45, 7) is 9.93. The van der Waals surface area contributed by atoms with Crippen molar-refractivity contribution >= 4 is 6.09 Å². The van der Waals surface area contributed by atoms with E-state index >= 15 is 0 Å². The molecule has 0 radical (unpaired) electrons. The third-order valence-corrected chi connectivity index (χ3v) is 3.01. The van der Waals surface area contributed by atoms with E-state index < -0.39 is 5.60 Å². The molecular weight excluding hydrogens is 276 g/mol. The van der Waals surface area contributed by atoms with Gasteiger partial charge in [0.15, 0.2) is 0 Å². The highest BCUT2D eigenvalue weighted by Gasteiger charge is 2.14. The standard InChI is InChI=1S/C18H28N2O2/c1-15(16-10-6-5-7-11-16)14-19-12-8-9-13-20-17(21)22-18(2,3)4/h5-11,15,19H,12-14H2,1-4H3,(H,20,21)/b9-8+. The second-order valence-electron chi connectivity index (χ2n) is 6.32. The molecule has 0 saturated carbocycles. The summed E-state index contributed by atoms with van der Waals surface area (Å²) in [6, 6.07) is 10.5. The highest BCUT2D eigenvalue weighted by atomic mass is 16.6. The van der Waals surface area contributed by atoms with Crippen LogP contribution in [0.3, 0.4) is 0 Å². The van der Waals surface area contributed by atoms with Crippen molar-refractivity contribution in [1.82, 2.24) is 10.6 Å². The minimum Gasteiger partial charge on any atom is -0.444 e. The van der Waals surface area contributed by atoms with Crippen LogP contribution in [0.25, 0.3) is 0 Å². The van der Waals surface area contributed by atoms with Gasteiger partial charge in [-0.2, -0.15) is 0 Å². The predicted octanol–water partition coefficient (Wildman–Crippen LogP) is 3.46. The Morgan fingerprint density at radius 3 is 2.45 bits per heavy atom. The van der Waals surface area contributed by atoms with Gasteiger partial charge in [-0.1, -0.05) is 49.4 Å². The summed E-state index contributed by atoms with van der Waals surface area (Å²) >= 11 is 0. The van der Waals surface area contributed by atoms with Gasteiger partial charge in [0, 0.05) is 19.6 Å². The van der Waals surface area contributed by atoms with Gasteiger partial charge in [-0.25, -0.2) is 4.79 Å². The van der Waals surface area contributed by atoms with E-state index in [4.69, 9.17) is 4.74 Å². The average Bonchev–Trinajstić information content (AvgIpc) is 2.45. The zero-order valence-electron chi connectivity index (χ0n) is 14.1. The molecule has 0 aliphatic heterocycles. The van der Waals surface area contributed by atoms with Gasteiger partial charge < -0.3 is 15.4 Å². The number of carbonyl (C=O) groups is 1. The van der Waals surface area contributed by atoms with E-state index in [2.05, 4.69) is 41.8 Å². The molecule has 0 aromatic heterocycles. The average molecular weight is 304 g/mol. The van der Waals surface area contributed by atoms with Crippen LogP contribution in [0.15, 0.2) is 42.5 Å². The molecule has 0 spiro atoms. The molecule has 2 N–H and O–H groups in total. The first kappa shape index (κ1) is 18.2. The molecule has 1 aromatic rings. The van der Waals surface area contributed by atoms with Crippen LogP contribution in [0.4, 0.5) is 4.79 Å². The first-order chi connectivity index (χ1) is 10.4. The zero-order valence-corrected chi connectivity index (χ0v) is 14.1. The van der Waals surface area contributed by atoms with Crippen molar-refractivity contribution in [3.63, 3.8) is 0 Å². The van der Waals surface area contributed by atoms with Gasteiger partial charge in [0.2, 0.25) is 0 Å². The molecule has 0 saturated heterocycles. The van der Waals surface area contributed by atoms with Crippen LogP contribution < -0.4 is 10.6 Å². The van der Waals surface area contributed by atoms with Gasteiger partial charge >= 0.3 is 6.09 Å². The number of alkyl carbamates (subject to hydrolysis) is 1. The second-order valence-corrected chi connectivity index (χ2v) is 6.32. The van der Waals surface area contributed by atoms with Crippen LogP contribution in [0.2, 0.25) is 0 Å². The van der Waals surface area contributed by atoms with Crippen molar-refractivity contribution in [3.05, 3.63) is 48.0 Å². The van der Waals surface area contributed by atoms with E-state index in [0.717, 1.165) is 13.1 Å². The van der Waals surface area contributed by atoms with Crippen molar-refractivity contribution in [1.29, 1.82) is 0 Å². The molecular formula is C18H28N2O2. The molecule has 0 heterocycles. The first-order valence-electron chi connectivity index (χ1n) is 7.76. The molecule has 22 heavy (non-hydrogen) atoms. The van der Waals surface area contributed by atoms with Crippen molar-refractivity contribution in [2.24, 2.45) is 0 Å². The fourth-order valence-electron chi connectivity index (χ4n) is 1.91. The van der Waals surface area contributed by atoms with Crippen molar-refractivity contribution in [2.45, 2.75) is 39.2 Å². The number of nitrogens with one attached hydrogen (secondary N) is 2. The maximum Gasteiger partial charge on any atom is 0.407 e. The molecule has 0 aliphatic rings. The summed E-state index contributed by atoms with van der Waals surface area (Å²) < 4.78 is 5.15. The quantitative estimate of drug-likeness (QED) is 0.599. The summed E-state index contributed by atoms with van der Waals surface area (Å²) in [7, 11) is 0. The molecule has 0 bridgehead atoms. The molecule has 4 heteroatoms. The van der Waals surface area contributed by atoms with Gasteiger partial charge in [0.05, 0.1) is 0 Å². The molecule has 1 unspecified atom stereocenters. The summed E-state index contributed by atoms with van der Waals surface area (Å²) in [5, 5.41) is 6.07. The van der Waals surface area contributed by atoms with Crippen LogP contribution in [-0.2, 0) is 4.74 Å². The minimum absolute atomic E-state index is 0.386. The third-order valence-electron chi connectivity index (χ3n) is 3.01. The maximum absolute atomic E-state index is 11.4. The molecule has 1 aromatic carbocycles. The van der Waals surface area contributed by atoms with Gasteiger partial charge in [-0.3, -0.25) is 0 Å². The SMILES string of the molecule is CC(CNC/C=C/CNC(=O)OC(C)(C)C)c1ccccc1. The second kappa shape index (κ2) is 9.26. The van der Waals surface area contributed by atoms with Crippen LogP contribution in [0, 0.1) is 0 Å². The topological polar surface area (TPSA) is 50.4 Å². The number of ether oxygens (including phenoxy) is 1. The van der Waals surface area contributed by atoms with Gasteiger partial charge in [-0.05, 0) is 32.3 Å². The Kier molecular flexibility index (Phi) is 7.67. The molecule has 4 nitrogen and oxygen atoms in total. The van der Waals surface area contributed by atoms with E-state index in [1.165, 1.54) is 5.56 Å². The smallest absolute Gasteiger partial charge is 0.407 e. The summed E-state index contributed by atoms with van der Waals surface area (Å²) in [6.07, 6.45) is 3.54. The van der Waals surface area contributed by atoms with E-state index in [1.54, 1.807) is 0 Å². The molecule has 0 aliphatic carbocycles. The monoisotopic (exact) mass is 304 g/mol. The lowest BCUT2D eigenvalue weighted by molar-refractivity contribution is 0.0534. The lowest BCUT2D eigenvalue weighted by atomic mass is 10.0. The highest BCUT2D eigenvalue weighted by molar-refractivity contribution is 5.67. The minimum atomic E-state index is -0.455. The summed E-state index contributed by atoms with van der Waals surface area (Å²) in [4.78, 5) is 11.4. The fourth-order valence-corrected chi connectivity index (χ4v) is 1.91. The van der Waals surface area contributed by atoms with Crippen LogP contribution in [0.1, 0.15) is 39.2 Å². The van der Waals surface area contributed by atoms with E-state index in [0.29, 0.717) is 12.5 Å². The van der Waals surface area contributed by atoms with Crippen LogP contribution in [0.5, 0.6) is 0 Å². The van der Waals surface area contributed by atoms with Crippen molar-refractivity contribution < 1.29 is 9.53 Å². The molecule has 1 rings (SSSR count). The normalized spacial score (nSPS) is 13.1. The van der Waals surface area contributed by atoms with E-state index in [1.807, 2.05) is 39.0 Å². The van der Waals surface area contributed by atoms with E-state index in [9.17, 15) is 4.79 Å². The lowest BCUT2D eigenvalue weighted by Gasteiger charge is -2.19. The molecule has 1 atom stereocenters. The van der Waals surface area contributed by atoms with Crippen molar-refractivity contribution in [2.75, 3.05) is 19.6 Å². The number of carbonyl (C=O) groups excluding carboxylic acids is 1. The van der Waals surface area contributed by atoms with Gasteiger partial charge in [-0.15, -0.1) is 0 Å². The zero-order chi connectivity index (χ0) is 16.4. The lowest BCUT2D eigenvalue weighted by Crippen LogP contribution is -2.32. The van der Waals surface area contributed by atoms with Gasteiger partial charge in [0.25, 0.3) is 0 Å². The number of benzene rings is 1. The Labute approximate surface area is 133 Å². The third kappa shape index (κ3) is 8.47. The number of rotatable bonds is 7. The molecule has 1 amide bonds. The Hall–Kier alpha value is -1.81. The Balaban J connectivity index is 2.11. The maximum atomic E-state index is 11.4. The fraction of sp³-hybridized carbons (Fsp3) is 0.500. The first-order valence-corrected chi connectivity index (χ1v) is 7.76. The van der Waals surface area contributed by atoms with Crippen molar-refractivity contribution in [3.8, 4) is 0 Å². The number of hydrogen-bond donors (Lipinski definition) is 2. The summed E-state index contributed by atoms with van der Waals surface area (Å²) in [5.41, 5.74) is 0.883. The Morgan fingerprint density at radius 2 is 1.82 bits per heavy atom. The Bertz CT molecular complexity index is 464. The number of amides is 1. The highest BCUT2D eigenvalue weighted by Crippen LogP contribution is 2.12. The van der Waals surface area contributed by atoms with E-state index in [-0.39, 0.29) is 6.09 Å². The number of hydrogen-bond acceptors (Lipinski definition) is 3.